The van der Waals surface area contributed by atoms with Crippen LogP contribution in [0.2, 0.25) is 0 Å². The van der Waals surface area contributed by atoms with Gasteiger partial charge in [-0.3, -0.25) is 9.69 Å². The van der Waals surface area contributed by atoms with E-state index in [1.54, 1.807) is 0 Å². The molecule has 0 N–H and O–H groups in total. The van der Waals surface area contributed by atoms with E-state index in [1.807, 2.05) is 24.8 Å². The highest BCUT2D eigenvalue weighted by Gasteiger charge is 2.35. The van der Waals surface area contributed by atoms with Crippen LogP contribution in [0.15, 0.2) is 29.2 Å². The molecule has 2 fully saturated rings. The van der Waals surface area contributed by atoms with E-state index >= 15 is 0 Å². The molecule has 0 bridgehead atoms. The van der Waals surface area contributed by atoms with Crippen LogP contribution in [0.5, 0.6) is 0 Å². The lowest BCUT2D eigenvalue weighted by Gasteiger charge is -2.40. The van der Waals surface area contributed by atoms with Gasteiger partial charge in [0.15, 0.2) is 0 Å². The average Bonchev–Trinajstić information content (AvgIpc) is 2.79. The number of hydrogen-bond acceptors (Lipinski definition) is 6. The zero-order chi connectivity index (χ0) is 22.6. The molecule has 2 saturated heterocycles. The topological polar surface area (TPSA) is 109 Å². The zero-order valence-electron chi connectivity index (χ0n) is 18.1. The van der Waals surface area contributed by atoms with Gasteiger partial charge in [0.2, 0.25) is 15.9 Å². The summed E-state index contributed by atoms with van der Waals surface area (Å²) < 4.78 is 27.2. The Balaban J connectivity index is 1.54. The summed E-state index contributed by atoms with van der Waals surface area (Å²) in [6.45, 7) is 7.27. The third kappa shape index (κ3) is 5.07. The number of benzene rings is 1. The predicted octanol–water partition coefficient (Wildman–Crippen LogP) is 1.65. The lowest BCUT2D eigenvalue weighted by molar-refractivity contribution is -0.138. The first-order valence-corrected chi connectivity index (χ1v) is 12.1. The maximum Gasteiger partial charge on any atom is 0.243 e. The van der Waals surface area contributed by atoms with Crippen LogP contribution in [0.25, 0.3) is 0 Å². The fourth-order valence-corrected chi connectivity index (χ4v) is 5.79. The number of nitriles is 2. The van der Waals surface area contributed by atoms with Crippen LogP contribution < -0.4 is 0 Å². The second kappa shape index (κ2) is 9.78. The number of nitrogens with zero attached hydrogens (tertiary/aromatic N) is 5. The molecule has 8 nitrogen and oxygen atoms in total. The molecule has 1 aromatic rings. The van der Waals surface area contributed by atoms with Crippen LogP contribution in [-0.2, 0) is 14.8 Å². The van der Waals surface area contributed by atoms with E-state index in [0.29, 0.717) is 57.7 Å². The molecule has 2 aliphatic heterocycles. The maximum absolute atomic E-state index is 13.0. The lowest BCUT2D eigenvalue weighted by Crippen LogP contribution is -2.54. The highest BCUT2D eigenvalue weighted by molar-refractivity contribution is 7.89. The normalized spacial score (nSPS) is 20.2. The molecule has 9 heteroatoms. The molecule has 0 spiro atoms. The quantitative estimate of drug-likeness (QED) is 0.685. The van der Waals surface area contributed by atoms with Crippen molar-refractivity contribution in [3.63, 3.8) is 0 Å². The standard InChI is InChI=1S/C22H29N5O3S/c1-17(2)21(16-24)25-11-13-26(14-12-25)22(28)19-7-9-27(10-8-19)31(29,30)20-5-3-18(15-23)4-6-20/h3-6,17,19,21H,7-14H2,1-2H3. The summed E-state index contributed by atoms with van der Waals surface area (Å²) in [4.78, 5) is 17.1. The number of piperidine rings is 1. The number of carbonyl (C=O) groups excluding carboxylic acids is 1. The molecule has 1 unspecified atom stereocenters. The van der Waals surface area contributed by atoms with E-state index in [4.69, 9.17) is 5.26 Å². The van der Waals surface area contributed by atoms with Crippen molar-refractivity contribution in [3.05, 3.63) is 29.8 Å². The number of carbonyl (C=O) groups is 1. The van der Waals surface area contributed by atoms with E-state index in [-0.39, 0.29) is 28.7 Å². The third-order valence-corrected chi connectivity index (χ3v) is 8.12. The number of hydrogen-bond donors (Lipinski definition) is 0. The molecule has 3 rings (SSSR count). The molecule has 0 radical (unpaired) electrons. The van der Waals surface area contributed by atoms with Gasteiger partial charge in [0.25, 0.3) is 0 Å². The van der Waals surface area contributed by atoms with E-state index in [1.165, 1.54) is 28.6 Å². The molecule has 0 aliphatic carbocycles. The molecule has 0 aromatic heterocycles. The Labute approximate surface area is 184 Å². The van der Waals surface area contributed by atoms with Crippen LogP contribution in [0.4, 0.5) is 0 Å². The van der Waals surface area contributed by atoms with Gasteiger partial charge in [-0.1, -0.05) is 13.8 Å². The average molecular weight is 444 g/mol. The van der Waals surface area contributed by atoms with Gasteiger partial charge in [0.05, 0.1) is 22.6 Å². The smallest absolute Gasteiger partial charge is 0.243 e. The first-order chi connectivity index (χ1) is 14.8. The van der Waals surface area contributed by atoms with Crippen molar-refractivity contribution in [2.24, 2.45) is 11.8 Å². The molecular formula is C22H29N5O3S. The van der Waals surface area contributed by atoms with Gasteiger partial charge in [0, 0.05) is 45.2 Å². The minimum Gasteiger partial charge on any atom is -0.340 e. The number of sulfonamides is 1. The molecule has 0 saturated carbocycles. The summed E-state index contributed by atoms with van der Waals surface area (Å²) in [5, 5.41) is 18.3. The summed E-state index contributed by atoms with van der Waals surface area (Å²) in [5.41, 5.74) is 0.415. The maximum atomic E-state index is 13.0. The lowest BCUT2D eigenvalue weighted by atomic mass is 9.96. The zero-order valence-corrected chi connectivity index (χ0v) is 18.9. The van der Waals surface area contributed by atoms with Crippen LogP contribution >= 0.6 is 0 Å². The minimum absolute atomic E-state index is 0.0909. The van der Waals surface area contributed by atoms with Gasteiger partial charge in [0.1, 0.15) is 6.04 Å². The Morgan fingerprint density at radius 3 is 2.06 bits per heavy atom. The van der Waals surface area contributed by atoms with Gasteiger partial charge < -0.3 is 4.90 Å². The van der Waals surface area contributed by atoms with Crippen molar-refractivity contribution in [1.29, 1.82) is 10.5 Å². The van der Waals surface area contributed by atoms with Crippen molar-refractivity contribution in [2.45, 2.75) is 37.6 Å². The highest BCUT2D eigenvalue weighted by Crippen LogP contribution is 2.26. The Bertz CT molecular complexity index is 962. The monoisotopic (exact) mass is 443 g/mol. The molecule has 1 aromatic carbocycles. The molecule has 166 valence electrons. The molecular weight excluding hydrogens is 414 g/mol. The fraction of sp³-hybridized carbons (Fsp3) is 0.591. The number of piperazine rings is 1. The molecule has 2 heterocycles. The van der Waals surface area contributed by atoms with Gasteiger partial charge in [-0.05, 0) is 43.0 Å². The minimum atomic E-state index is -3.63. The molecule has 1 amide bonds. The Morgan fingerprint density at radius 2 is 1.58 bits per heavy atom. The van der Waals surface area contributed by atoms with Gasteiger partial charge >= 0.3 is 0 Å². The molecule has 1 atom stereocenters. The third-order valence-electron chi connectivity index (χ3n) is 6.21. The first kappa shape index (κ1) is 23.2. The number of amides is 1. The summed E-state index contributed by atoms with van der Waals surface area (Å²) in [6.07, 6.45) is 1.00. The van der Waals surface area contributed by atoms with E-state index in [0.717, 1.165) is 0 Å². The number of rotatable bonds is 5. The van der Waals surface area contributed by atoms with Crippen LogP contribution in [0.3, 0.4) is 0 Å². The van der Waals surface area contributed by atoms with Crippen LogP contribution in [0, 0.1) is 34.5 Å². The summed E-state index contributed by atoms with van der Waals surface area (Å²) in [7, 11) is -3.63. The van der Waals surface area contributed by atoms with Crippen molar-refractivity contribution in [2.75, 3.05) is 39.3 Å². The summed E-state index contributed by atoms with van der Waals surface area (Å²) >= 11 is 0. The highest BCUT2D eigenvalue weighted by atomic mass is 32.2. The largest absolute Gasteiger partial charge is 0.340 e. The second-order valence-electron chi connectivity index (χ2n) is 8.49. The second-order valence-corrected chi connectivity index (χ2v) is 10.4. The van der Waals surface area contributed by atoms with Crippen molar-refractivity contribution < 1.29 is 13.2 Å². The van der Waals surface area contributed by atoms with Crippen molar-refractivity contribution in [1.82, 2.24) is 14.1 Å². The van der Waals surface area contributed by atoms with Gasteiger partial charge in [-0.2, -0.15) is 14.8 Å². The Morgan fingerprint density at radius 1 is 1.00 bits per heavy atom. The first-order valence-electron chi connectivity index (χ1n) is 10.7. The van der Waals surface area contributed by atoms with Gasteiger partial charge in [-0.15, -0.1) is 0 Å². The summed E-state index contributed by atoms with van der Waals surface area (Å²) in [6, 6.07) is 10.1. The fourth-order valence-electron chi connectivity index (χ4n) is 4.32. The van der Waals surface area contributed by atoms with E-state index in [2.05, 4.69) is 11.0 Å². The SMILES string of the molecule is CC(C)C(C#N)N1CCN(C(=O)C2CCN(S(=O)(=O)c3ccc(C#N)cc3)CC2)CC1. The Hall–Kier alpha value is -2.46. The predicted molar refractivity (Wildman–Crippen MR) is 115 cm³/mol. The van der Waals surface area contributed by atoms with E-state index < -0.39 is 10.0 Å². The summed E-state index contributed by atoms with van der Waals surface area (Å²) in [5.74, 6) is 0.165. The van der Waals surface area contributed by atoms with Crippen molar-refractivity contribution in [3.8, 4) is 12.1 Å². The van der Waals surface area contributed by atoms with Crippen LogP contribution in [0.1, 0.15) is 32.3 Å². The Kier molecular flexibility index (Phi) is 7.32. The van der Waals surface area contributed by atoms with Crippen molar-refractivity contribution >= 4 is 15.9 Å². The molecule has 2 aliphatic rings. The van der Waals surface area contributed by atoms with E-state index in [9.17, 15) is 18.5 Å². The van der Waals surface area contributed by atoms with Crippen LogP contribution in [-0.4, -0.2) is 73.7 Å². The molecule has 31 heavy (non-hydrogen) atoms. The van der Waals surface area contributed by atoms with Gasteiger partial charge in [-0.25, -0.2) is 8.42 Å².